The fourth-order valence-corrected chi connectivity index (χ4v) is 2.46. The van der Waals surface area contributed by atoms with Crippen LogP contribution in [-0.4, -0.2) is 34.9 Å². The van der Waals surface area contributed by atoms with Gasteiger partial charge in [-0.3, -0.25) is 4.79 Å². The van der Waals surface area contributed by atoms with Crippen LogP contribution in [0.3, 0.4) is 0 Å². The minimum Gasteiger partial charge on any atom is -0.394 e. The normalized spacial score (nSPS) is 14.5. The zero-order chi connectivity index (χ0) is 19.5. The van der Waals surface area contributed by atoms with Gasteiger partial charge in [-0.25, -0.2) is 0 Å². The quantitative estimate of drug-likeness (QED) is 0.280. The maximum absolute atomic E-state index is 11.3. The third-order valence-electron chi connectivity index (χ3n) is 4.17. The van der Waals surface area contributed by atoms with Crippen molar-refractivity contribution in [2.45, 2.75) is 90.2 Å². The Morgan fingerprint density at radius 3 is 2.00 bits per heavy atom. The molecule has 4 heteroatoms. The Hall–Kier alpha value is -1.39. The smallest absolute Gasteiger partial charge is 0.220 e. The van der Waals surface area contributed by atoms with E-state index in [0.29, 0.717) is 6.42 Å². The molecule has 0 aromatic carbocycles. The molecule has 0 aromatic heterocycles. The summed E-state index contributed by atoms with van der Waals surface area (Å²) in [6.07, 6.45) is 22.3. The largest absolute Gasteiger partial charge is 0.394 e. The van der Waals surface area contributed by atoms with Crippen LogP contribution in [-0.2, 0) is 4.79 Å². The van der Waals surface area contributed by atoms with Crippen molar-refractivity contribution in [1.29, 1.82) is 0 Å². The molecule has 0 rings (SSSR count). The van der Waals surface area contributed by atoms with E-state index in [9.17, 15) is 15.0 Å². The van der Waals surface area contributed by atoms with Crippen molar-refractivity contribution < 1.29 is 15.0 Å². The number of aliphatic hydroxyl groups excluding tert-OH is 2. The number of nitrogens with one attached hydrogen (secondary N) is 1. The summed E-state index contributed by atoms with van der Waals surface area (Å²) in [5.74, 6) is -0.172. The number of carbonyl (C=O) groups is 1. The predicted molar refractivity (Wildman–Crippen MR) is 110 cm³/mol. The summed E-state index contributed by atoms with van der Waals surface area (Å²) in [6, 6.07) is -0.636. The number of amides is 1. The lowest BCUT2D eigenvalue weighted by atomic mass is 10.1. The van der Waals surface area contributed by atoms with Gasteiger partial charge < -0.3 is 15.5 Å². The van der Waals surface area contributed by atoms with Crippen LogP contribution in [0.5, 0.6) is 0 Å². The third-order valence-corrected chi connectivity index (χ3v) is 4.17. The molecule has 0 bridgehead atoms. The van der Waals surface area contributed by atoms with Crippen LogP contribution in [0.1, 0.15) is 78.1 Å². The van der Waals surface area contributed by atoms with E-state index in [2.05, 4.69) is 36.5 Å². The number of carbonyl (C=O) groups excluding carboxylic acids is 1. The van der Waals surface area contributed by atoms with Gasteiger partial charge in [0.2, 0.25) is 5.91 Å². The first-order chi connectivity index (χ1) is 12.7. The Kier molecular flexibility index (Phi) is 17.4. The van der Waals surface area contributed by atoms with Crippen molar-refractivity contribution >= 4 is 5.91 Å². The molecule has 2 unspecified atom stereocenters. The first-order valence-electron chi connectivity index (χ1n) is 10.2. The van der Waals surface area contributed by atoms with Crippen LogP contribution in [0.4, 0.5) is 0 Å². The molecular formula is C22H39NO3. The van der Waals surface area contributed by atoms with Gasteiger partial charge in [0.25, 0.3) is 0 Å². The lowest BCUT2D eigenvalue weighted by molar-refractivity contribution is -0.122. The van der Waals surface area contributed by atoms with Crippen LogP contribution in [0, 0.1) is 0 Å². The van der Waals surface area contributed by atoms with Crippen molar-refractivity contribution in [3.05, 3.63) is 36.5 Å². The number of allylic oxidation sites excluding steroid dienone is 5. The van der Waals surface area contributed by atoms with E-state index in [1.54, 1.807) is 13.0 Å². The maximum atomic E-state index is 11.3. The molecule has 0 saturated carbocycles. The minimum atomic E-state index is -0.859. The molecule has 2 atom stereocenters. The first kappa shape index (κ1) is 24.6. The molecule has 0 aliphatic heterocycles. The summed E-state index contributed by atoms with van der Waals surface area (Å²) in [5.41, 5.74) is 0. The summed E-state index contributed by atoms with van der Waals surface area (Å²) in [7, 11) is 0. The maximum Gasteiger partial charge on any atom is 0.220 e. The van der Waals surface area contributed by atoms with Crippen LogP contribution < -0.4 is 5.32 Å². The Balaban J connectivity index is 3.73. The molecule has 0 aromatic rings. The molecule has 0 aliphatic carbocycles. The van der Waals surface area contributed by atoms with E-state index >= 15 is 0 Å². The van der Waals surface area contributed by atoms with Crippen LogP contribution >= 0.6 is 0 Å². The number of unbranched alkanes of at least 4 members (excludes halogenated alkanes) is 6. The van der Waals surface area contributed by atoms with Crippen molar-refractivity contribution in [3.8, 4) is 0 Å². The minimum absolute atomic E-state index is 0.172. The molecule has 0 aliphatic rings. The topological polar surface area (TPSA) is 69.6 Å². The third kappa shape index (κ3) is 14.9. The average molecular weight is 366 g/mol. The molecule has 0 fully saturated rings. The van der Waals surface area contributed by atoms with Gasteiger partial charge in [-0.2, -0.15) is 0 Å². The van der Waals surface area contributed by atoms with Gasteiger partial charge in [-0.15, -0.1) is 0 Å². The SMILES string of the molecule is CCCCCC/C=C/CC/C=C/CC/C=C/C(O)C(CO)NC(=O)CC. The number of hydrogen-bond acceptors (Lipinski definition) is 3. The predicted octanol–water partition coefficient (Wildman–Crippen LogP) is 4.43. The van der Waals surface area contributed by atoms with E-state index in [1.807, 2.05) is 6.08 Å². The molecule has 4 nitrogen and oxygen atoms in total. The molecule has 0 spiro atoms. The van der Waals surface area contributed by atoms with E-state index in [4.69, 9.17) is 0 Å². The van der Waals surface area contributed by atoms with E-state index in [1.165, 1.54) is 32.1 Å². The fraction of sp³-hybridized carbons (Fsp3) is 0.682. The van der Waals surface area contributed by atoms with Crippen molar-refractivity contribution in [3.63, 3.8) is 0 Å². The van der Waals surface area contributed by atoms with Crippen molar-refractivity contribution in [2.24, 2.45) is 0 Å². The van der Waals surface area contributed by atoms with Gasteiger partial charge >= 0.3 is 0 Å². The highest BCUT2D eigenvalue weighted by molar-refractivity contribution is 5.75. The van der Waals surface area contributed by atoms with Crippen LogP contribution in [0.25, 0.3) is 0 Å². The Labute approximate surface area is 160 Å². The standard InChI is InChI=1S/C22H39NO3/c1-3-5-6-7-8-9-10-11-12-13-14-15-16-17-18-21(25)20(19-24)23-22(26)4-2/h9-10,13-14,17-18,20-21,24-25H,3-8,11-12,15-16,19H2,1-2H3,(H,23,26)/b10-9+,14-13+,18-17+. The molecular weight excluding hydrogens is 326 g/mol. The Bertz CT molecular complexity index is 416. The van der Waals surface area contributed by atoms with Gasteiger partial charge in [-0.1, -0.05) is 69.6 Å². The fourth-order valence-electron chi connectivity index (χ4n) is 2.46. The summed E-state index contributed by atoms with van der Waals surface area (Å²) in [6.45, 7) is 3.70. The van der Waals surface area contributed by atoms with Crippen LogP contribution in [0.15, 0.2) is 36.5 Å². The lowest BCUT2D eigenvalue weighted by Gasteiger charge is -2.19. The zero-order valence-corrected chi connectivity index (χ0v) is 16.7. The van der Waals surface area contributed by atoms with Crippen molar-refractivity contribution in [2.75, 3.05) is 6.61 Å². The summed E-state index contributed by atoms with van der Waals surface area (Å²) in [5, 5.41) is 21.8. The highest BCUT2D eigenvalue weighted by Crippen LogP contribution is 2.04. The summed E-state index contributed by atoms with van der Waals surface area (Å²) >= 11 is 0. The van der Waals surface area contributed by atoms with Gasteiger partial charge in [0.15, 0.2) is 0 Å². The Morgan fingerprint density at radius 2 is 1.46 bits per heavy atom. The second kappa shape index (κ2) is 18.4. The molecule has 26 heavy (non-hydrogen) atoms. The highest BCUT2D eigenvalue weighted by atomic mass is 16.3. The van der Waals surface area contributed by atoms with Gasteiger partial charge in [0.05, 0.1) is 18.8 Å². The van der Waals surface area contributed by atoms with E-state index < -0.39 is 12.1 Å². The van der Waals surface area contributed by atoms with E-state index in [0.717, 1.165) is 25.7 Å². The van der Waals surface area contributed by atoms with Crippen molar-refractivity contribution in [1.82, 2.24) is 5.32 Å². The van der Waals surface area contributed by atoms with E-state index in [-0.39, 0.29) is 12.5 Å². The summed E-state index contributed by atoms with van der Waals surface area (Å²) < 4.78 is 0. The van der Waals surface area contributed by atoms with Gasteiger partial charge in [0.1, 0.15) is 0 Å². The van der Waals surface area contributed by atoms with Crippen LogP contribution in [0.2, 0.25) is 0 Å². The molecule has 150 valence electrons. The monoisotopic (exact) mass is 365 g/mol. The number of rotatable bonds is 16. The lowest BCUT2D eigenvalue weighted by Crippen LogP contribution is -2.44. The number of aliphatic hydroxyl groups is 2. The second-order valence-corrected chi connectivity index (χ2v) is 6.58. The second-order valence-electron chi connectivity index (χ2n) is 6.58. The zero-order valence-electron chi connectivity index (χ0n) is 16.7. The van der Waals surface area contributed by atoms with Gasteiger partial charge in [-0.05, 0) is 38.5 Å². The highest BCUT2D eigenvalue weighted by Gasteiger charge is 2.16. The molecule has 0 saturated heterocycles. The molecule has 0 heterocycles. The Morgan fingerprint density at radius 1 is 0.885 bits per heavy atom. The molecule has 3 N–H and O–H groups in total. The number of hydrogen-bond donors (Lipinski definition) is 3. The first-order valence-corrected chi connectivity index (χ1v) is 10.2. The summed E-state index contributed by atoms with van der Waals surface area (Å²) in [4.78, 5) is 11.3. The average Bonchev–Trinajstić information content (AvgIpc) is 2.65. The molecule has 1 amide bonds. The van der Waals surface area contributed by atoms with Gasteiger partial charge in [0, 0.05) is 6.42 Å². The molecule has 0 radical (unpaired) electrons.